The lowest BCUT2D eigenvalue weighted by molar-refractivity contribution is -0.134. The summed E-state index contributed by atoms with van der Waals surface area (Å²) in [5.74, 6) is -0.355. The Hall–Kier alpha value is -1.56. The first-order valence-corrected chi connectivity index (χ1v) is 5.47. The van der Waals surface area contributed by atoms with Gasteiger partial charge in [-0.2, -0.15) is 13.2 Å². The van der Waals surface area contributed by atoms with E-state index in [9.17, 15) is 18.0 Å². The fourth-order valence-electron chi connectivity index (χ4n) is 1.38. The molecule has 1 aromatic rings. The minimum absolute atomic E-state index is 0.0952. The highest BCUT2D eigenvalue weighted by Crippen LogP contribution is 2.22. The van der Waals surface area contributed by atoms with Gasteiger partial charge in [0, 0.05) is 18.5 Å². The Morgan fingerprint density at radius 1 is 1.22 bits per heavy atom. The zero-order valence-electron chi connectivity index (χ0n) is 9.63. The van der Waals surface area contributed by atoms with Crippen molar-refractivity contribution in [2.75, 3.05) is 13.2 Å². The molecule has 100 valence electrons. The molecular formula is C12H14F3NO2. The topological polar surface area (TPSA) is 49.3 Å². The summed E-state index contributed by atoms with van der Waals surface area (Å²) in [5.41, 5.74) is 0.894. The van der Waals surface area contributed by atoms with Crippen molar-refractivity contribution in [2.24, 2.45) is 0 Å². The predicted octanol–water partition coefficient (Wildman–Crippen LogP) is 1.90. The van der Waals surface area contributed by atoms with Crippen molar-refractivity contribution in [3.8, 4) is 0 Å². The normalized spacial score (nSPS) is 11.3. The number of benzene rings is 1. The van der Waals surface area contributed by atoms with Crippen molar-refractivity contribution in [1.29, 1.82) is 0 Å². The van der Waals surface area contributed by atoms with E-state index in [4.69, 9.17) is 5.11 Å². The number of aliphatic hydroxyl groups excluding tert-OH is 1. The molecular weight excluding hydrogens is 247 g/mol. The van der Waals surface area contributed by atoms with Gasteiger partial charge >= 0.3 is 6.18 Å². The summed E-state index contributed by atoms with van der Waals surface area (Å²) in [7, 11) is 0. The third-order valence-electron chi connectivity index (χ3n) is 2.31. The Labute approximate surface area is 103 Å². The van der Waals surface area contributed by atoms with Crippen LogP contribution in [-0.4, -0.2) is 30.3 Å². The lowest BCUT2D eigenvalue weighted by Gasteiger charge is -2.07. The average molecular weight is 261 g/mol. The summed E-state index contributed by atoms with van der Waals surface area (Å²) in [6.45, 7) is -0.00986. The van der Waals surface area contributed by atoms with Crippen LogP contribution in [0, 0.1) is 0 Å². The second kappa shape index (κ2) is 6.39. The Morgan fingerprint density at radius 3 is 2.33 bits per heavy atom. The molecule has 3 nitrogen and oxygen atoms in total. The number of rotatable bonds is 5. The highest BCUT2D eigenvalue weighted by atomic mass is 19.4. The Bertz CT molecular complexity index is 387. The fraction of sp³-hybridized carbons (Fsp3) is 0.417. The summed E-state index contributed by atoms with van der Waals surface area (Å²) in [6, 6.07) is 5.94. The molecule has 18 heavy (non-hydrogen) atoms. The highest BCUT2D eigenvalue weighted by Gasteiger charge is 2.26. The van der Waals surface area contributed by atoms with E-state index < -0.39 is 12.6 Å². The third kappa shape index (κ3) is 5.18. The van der Waals surface area contributed by atoms with Crippen LogP contribution in [0.2, 0.25) is 0 Å². The molecule has 0 unspecified atom stereocenters. The molecule has 0 saturated heterocycles. The van der Waals surface area contributed by atoms with E-state index in [0.29, 0.717) is 11.1 Å². The van der Waals surface area contributed by atoms with Crippen molar-refractivity contribution >= 4 is 5.91 Å². The molecule has 0 aliphatic carbocycles. The Morgan fingerprint density at radius 2 is 1.83 bits per heavy atom. The maximum absolute atomic E-state index is 12.0. The summed E-state index contributed by atoms with van der Waals surface area (Å²) >= 11 is 0. The van der Waals surface area contributed by atoms with Crippen LogP contribution >= 0.6 is 0 Å². The van der Waals surface area contributed by atoms with Crippen molar-refractivity contribution in [1.82, 2.24) is 5.32 Å². The van der Waals surface area contributed by atoms with Crippen LogP contribution in [0.25, 0.3) is 0 Å². The van der Waals surface area contributed by atoms with Crippen LogP contribution in [-0.2, 0) is 6.42 Å². The molecule has 0 spiro atoms. The number of alkyl halides is 3. The van der Waals surface area contributed by atoms with Gasteiger partial charge in [0.15, 0.2) is 0 Å². The second-order valence-electron chi connectivity index (χ2n) is 3.79. The van der Waals surface area contributed by atoms with Gasteiger partial charge in [-0.3, -0.25) is 4.79 Å². The molecule has 0 atom stereocenters. The van der Waals surface area contributed by atoms with Crippen LogP contribution < -0.4 is 5.32 Å². The average Bonchev–Trinajstić information content (AvgIpc) is 2.33. The van der Waals surface area contributed by atoms with Gasteiger partial charge in [-0.25, -0.2) is 0 Å². The highest BCUT2D eigenvalue weighted by molar-refractivity contribution is 5.94. The maximum atomic E-state index is 12.0. The molecule has 0 heterocycles. The summed E-state index contributed by atoms with van der Waals surface area (Å²) in [5, 5.41) is 11.0. The van der Waals surface area contributed by atoms with E-state index in [2.05, 4.69) is 5.32 Å². The zero-order chi connectivity index (χ0) is 13.6. The van der Waals surface area contributed by atoms with E-state index in [1.54, 1.807) is 0 Å². The smallest absolute Gasteiger partial charge is 0.389 e. The van der Waals surface area contributed by atoms with E-state index in [1.165, 1.54) is 24.3 Å². The Kier molecular flexibility index (Phi) is 5.15. The van der Waals surface area contributed by atoms with Gasteiger partial charge in [0.25, 0.3) is 5.91 Å². The zero-order valence-corrected chi connectivity index (χ0v) is 9.63. The maximum Gasteiger partial charge on any atom is 0.389 e. The van der Waals surface area contributed by atoms with Crippen LogP contribution in [0.15, 0.2) is 24.3 Å². The number of hydrogen-bond donors (Lipinski definition) is 2. The lowest BCUT2D eigenvalue weighted by atomic mass is 10.1. The molecule has 0 saturated carbocycles. The largest absolute Gasteiger partial charge is 0.395 e. The standard InChI is InChI=1S/C12H14F3NO2/c13-12(14,15)6-5-9-1-3-10(4-2-9)11(18)16-7-8-17/h1-4,17H,5-8H2,(H,16,18). The number of amides is 1. The SMILES string of the molecule is O=C(NCCO)c1ccc(CCC(F)(F)F)cc1. The molecule has 1 aromatic carbocycles. The van der Waals surface area contributed by atoms with E-state index in [-0.39, 0.29) is 25.5 Å². The van der Waals surface area contributed by atoms with Crippen molar-refractivity contribution in [3.05, 3.63) is 35.4 Å². The summed E-state index contributed by atoms with van der Waals surface area (Å²) < 4.78 is 36.0. The quantitative estimate of drug-likeness (QED) is 0.850. The molecule has 1 rings (SSSR count). The molecule has 0 aromatic heterocycles. The van der Waals surface area contributed by atoms with Crippen molar-refractivity contribution in [2.45, 2.75) is 19.0 Å². The van der Waals surface area contributed by atoms with Crippen LogP contribution in [0.3, 0.4) is 0 Å². The number of halogens is 3. The van der Waals surface area contributed by atoms with Crippen molar-refractivity contribution in [3.63, 3.8) is 0 Å². The monoisotopic (exact) mass is 261 g/mol. The molecule has 1 amide bonds. The lowest BCUT2D eigenvalue weighted by Crippen LogP contribution is -2.26. The second-order valence-corrected chi connectivity index (χ2v) is 3.79. The van der Waals surface area contributed by atoms with Gasteiger partial charge < -0.3 is 10.4 Å². The number of hydrogen-bond acceptors (Lipinski definition) is 2. The predicted molar refractivity (Wildman–Crippen MR) is 60.2 cm³/mol. The van der Waals surface area contributed by atoms with Gasteiger partial charge in [-0.15, -0.1) is 0 Å². The number of aryl methyl sites for hydroxylation is 1. The molecule has 0 aliphatic heterocycles. The minimum atomic E-state index is -4.17. The minimum Gasteiger partial charge on any atom is -0.395 e. The van der Waals surface area contributed by atoms with Crippen LogP contribution in [0.1, 0.15) is 22.3 Å². The first-order valence-electron chi connectivity index (χ1n) is 5.47. The Balaban J connectivity index is 2.54. The molecule has 0 aliphatic rings. The van der Waals surface area contributed by atoms with Gasteiger partial charge in [0.05, 0.1) is 6.61 Å². The number of carbonyl (C=O) groups excluding carboxylic acids is 1. The van der Waals surface area contributed by atoms with Gasteiger partial charge in [-0.1, -0.05) is 12.1 Å². The summed E-state index contributed by atoms with van der Waals surface area (Å²) in [6.07, 6.45) is -5.14. The fourth-order valence-corrected chi connectivity index (χ4v) is 1.38. The molecule has 0 fully saturated rings. The van der Waals surface area contributed by atoms with Gasteiger partial charge in [0.2, 0.25) is 0 Å². The number of aliphatic hydroxyl groups is 1. The van der Waals surface area contributed by atoms with E-state index in [1.807, 2.05) is 0 Å². The first-order chi connectivity index (χ1) is 8.42. The molecule has 2 N–H and O–H groups in total. The van der Waals surface area contributed by atoms with Crippen LogP contribution in [0.4, 0.5) is 13.2 Å². The number of carbonyl (C=O) groups is 1. The molecule has 6 heteroatoms. The van der Waals surface area contributed by atoms with E-state index >= 15 is 0 Å². The summed E-state index contributed by atoms with van der Waals surface area (Å²) in [4.78, 5) is 11.4. The van der Waals surface area contributed by atoms with Gasteiger partial charge in [-0.05, 0) is 24.1 Å². The van der Waals surface area contributed by atoms with Crippen LogP contribution in [0.5, 0.6) is 0 Å². The van der Waals surface area contributed by atoms with E-state index in [0.717, 1.165) is 0 Å². The molecule has 0 bridgehead atoms. The molecule has 0 radical (unpaired) electrons. The van der Waals surface area contributed by atoms with Gasteiger partial charge in [0.1, 0.15) is 0 Å². The van der Waals surface area contributed by atoms with Crippen molar-refractivity contribution < 1.29 is 23.1 Å². The number of nitrogens with one attached hydrogen (secondary N) is 1. The third-order valence-corrected chi connectivity index (χ3v) is 2.31. The first kappa shape index (κ1) is 14.5.